The molecule has 0 radical (unpaired) electrons. The molecule has 0 aliphatic heterocycles. The van der Waals surface area contributed by atoms with Gasteiger partial charge in [0.15, 0.2) is 5.82 Å². The quantitative estimate of drug-likeness (QED) is 0.319. The number of aromatic nitrogens is 4. The summed E-state index contributed by atoms with van der Waals surface area (Å²) < 4.78 is 0. The van der Waals surface area contributed by atoms with E-state index in [4.69, 9.17) is 0 Å². The second kappa shape index (κ2) is 7.98. The molecule has 0 bridgehead atoms. The Labute approximate surface area is 162 Å². The third-order valence-corrected chi connectivity index (χ3v) is 4.37. The summed E-state index contributed by atoms with van der Waals surface area (Å²) in [4.78, 5) is 7.97. The van der Waals surface area contributed by atoms with Gasteiger partial charge in [-0.25, -0.2) is 4.98 Å². The molecule has 28 heavy (non-hydrogen) atoms. The van der Waals surface area contributed by atoms with E-state index in [1.807, 2.05) is 49.5 Å². The summed E-state index contributed by atoms with van der Waals surface area (Å²) in [5, 5.41) is 23.2. The van der Waals surface area contributed by atoms with E-state index >= 15 is 0 Å². The number of imidazole rings is 1. The molecule has 2 aromatic carbocycles. The summed E-state index contributed by atoms with van der Waals surface area (Å²) >= 11 is 0. The van der Waals surface area contributed by atoms with Crippen LogP contribution in [0.3, 0.4) is 0 Å². The zero-order valence-electron chi connectivity index (χ0n) is 15.5. The molecular formula is C21H22N6O. The van der Waals surface area contributed by atoms with Crippen molar-refractivity contribution in [2.75, 3.05) is 25.5 Å². The van der Waals surface area contributed by atoms with Crippen LogP contribution in [-0.4, -0.2) is 45.4 Å². The van der Waals surface area contributed by atoms with E-state index in [9.17, 15) is 5.11 Å². The van der Waals surface area contributed by atoms with Gasteiger partial charge in [0.2, 0.25) is 0 Å². The Kier molecular flexibility index (Phi) is 5.07. The smallest absolute Gasteiger partial charge is 0.159 e. The highest BCUT2D eigenvalue weighted by molar-refractivity contribution is 5.82. The molecule has 7 heteroatoms. The zero-order valence-corrected chi connectivity index (χ0v) is 15.5. The highest BCUT2D eigenvalue weighted by atomic mass is 16.3. The molecule has 0 aliphatic carbocycles. The van der Waals surface area contributed by atoms with Gasteiger partial charge in [0, 0.05) is 18.8 Å². The molecule has 5 N–H and O–H groups in total. The van der Waals surface area contributed by atoms with Crippen LogP contribution in [0.2, 0.25) is 0 Å². The van der Waals surface area contributed by atoms with E-state index in [0.717, 1.165) is 52.6 Å². The maximum Gasteiger partial charge on any atom is 0.159 e. The highest BCUT2D eigenvalue weighted by Gasteiger charge is 2.09. The molecule has 0 saturated heterocycles. The van der Waals surface area contributed by atoms with Crippen LogP contribution in [0.25, 0.3) is 34.7 Å². The van der Waals surface area contributed by atoms with Crippen LogP contribution in [0.4, 0.5) is 5.69 Å². The standard InChI is InChI=1S/C21H22N6O/c1-22-10-11-23-15-6-9-18-19(12-15)25-21(24-18)20-13-16(26-27-20)5-2-14-3-7-17(28)8-4-14/h2-9,12-13,22-23,28H,10-11H2,1H3,(H,24,25)(H,26,27)/b5-2+. The van der Waals surface area contributed by atoms with Gasteiger partial charge in [-0.3, -0.25) is 5.10 Å². The monoisotopic (exact) mass is 374 g/mol. The summed E-state index contributed by atoms with van der Waals surface area (Å²) in [5.41, 5.74) is 5.55. The number of nitrogens with zero attached hydrogens (tertiary/aromatic N) is 2. The predicted octanol–water partition coefficient (Wildman–Crippen LogP) is 3.46. The molecule has 0 saturated carbocycles. The van der Waals surface area contributed by atoms with Gasteiger partial charge >= 0.3 is 0 Å². The van der Waals surface area contributed by atoms with Crippen LogP contribution in [0.5, 0.6) is 5.75 Å². The first-order chi connectivity index (χ1) is 13.7. The fraction of sp³-hybridized carbons (Fsp3) is 0.143. The Hall–Kier alpha value is -3.58. The predicted molar refractivity (Wildman–Crippen MR) is 113 cm³/mol. The number of aromatic hydroxyl groups is 1. The van der Waals surface area contributed by atoms with Crippen LogP contribution in [-0.2, 0) is 0 Å². The number of rotatable bonds is 7. The van der Waals surface area contributed by atoms with Crippen LogP contribution in [0.15, 0.2) is 48.5 Å². The molecule has 0 fully saturated rings. The van der Waals surface area contributed by atoms with E-state index in [0.29, 0.717) is 0 Å². The first-order valence-corrected chi connectivity index (χ1v) is 9.12. The minimum absolute atomic E-state index is 0.256. The summed E-state index contributed by atoms with van der Waals surface area (Å²) in [7, 11) is 1.93. The lowest BCUT2D eigenvalue weighted by Crippen LogP contribution is -2.17. The Bertz CT molecular complexity index is 1090. The number of anilines is 1. The average molecular weight is 374 g/mol. The van der Waals surface area contributed by atoms with Gasteiger partial charge in [0.05, 0.1) is 16.7 Å². The van der Waals surface area contributed by atoms with Crippen molar-refractivity contribution in [3.8, 4) is 17.3 Å². The molecule has 7 nitrogen and oxygen atoms in total. The van der Waals surface area contributed by atoms with Gasteiger partial charge in [0.25, 0.3) is 0 Å². The van der Waals surface area contributed by atoms with Gasteiger partial charge in [0.1, 0.15) is 11.4 Å². The third-order valence-electron chi connectivity index (χ3n) is 4.37. The number of likely N-dealkylation sites (N-methyl/N-ethyl adjacent to an activating group) is 1. The van der Waals surface area contributed by atoms with Crippen molar-refractivity contribution in [3.63, 3.8) is 0 Å². The maximum atomic E-state index is 9.34. The number of hydrogen-bond acceptors (Lipinski definition) is 5. The molecule has 0 aliphatic rings. The van der Waals surface area contributed by atoms with Crippen molar-refractivity contribution < 1.29 is 5.11 Å². The average Bonchev–Trinajstić information content (AvgIpc) is 3.34. The van der Waals surface area contributed by atoms with Gasteiger partial charge in [-0.1, -0.05) is 18.2 Å². The van der Waals surface area contributed by atoms with Crippen molar-refractivity contribution in [2.45, 2.75) is 0 Å². The molecule has 0 atom stereocenters. The van der Waals surface area contributed by atoms with Crippen molar-refractivity contribution in [1.82, 2.24) is 25.5 Å². The van der Waals surface area contributed by atoms with Crippen molar-refractivity contribution in [1.29, 1.82) is 0 Å². The largest absolute Gasteiger partial charge is 0.508 e. The first-order valence-electron chi connectivity index (χ1n) is 9.12. The third kappa shape index (κ3) is 4.05. The number of phenols is 1. The molecule has 4 rings (SSSR count). The van der Waals surface area contributed by atoms with Crippen LogP contribution in [0.1, 0.15) is 11.3 Å². The molecule has 142 valence electrons. The lowest BCUT2D eigenvalue weighted by atomic mass is 10.2. The number of H-pyrrole nitrogens is 2. The number of aromatic amines is 2. The summed E-state index contributed by atoms with van der Waals surface area (Å²) in [5.74, 6) is 0.981. The normalized spacial score (nSPS) is 11.5. The molecular weight excluding hydrogens is 352 g/mol. The summed E-state index contributed by atoms with van der Waals surface area (Å²) in [6.07, 6.45) is 3.90. The second-order valence-corrected chi connectivity index (χ2v) is 6.48. The van der Waals surface area contributed by atoms with E-state index in [2.05, 4.69) is 36.9 Å². The number of phenolic OH excluding ortho intramolecular Hbond substituents is 1. The fourth-order valence-corrected chi connectivity index (χ4v) is 2.89. The van der Waals surface area contributed by atoms with E-state index in [1.54, 1.807) is 12.1 Å². The minimum Gasteiger partial charge on any atom is -0.508 e. The maximum absolute atomic E-state index is 9.34. The fourth-order valence-electron chi connectivity index (χ4n) is 2.89. The number of hydrogen-bond donors (Lipinski definition) is 5. The van der Waals surface area contributed by atoms with Crippen molar-refractivity contribution >= 4 is 28.9 Å². The molecule has 0 unspecified atom stereocenters. The van der Waals surface area contributed by atoms with E-state index < -0.39 is 0 Å². The highest BCUT2D eigenvalue weighted by Crippen LogP contribution is 2.22. The molecule has 4 aromatic rings. The Morgan fingerprint density at radius 2 is 1.89 bits per heavy atom. The molecule has 0 spiro atoms. The molecule has 2 heterocycles. The van der Waals surface area contributed by atoms with Gasteiger partial charge in [-0.2, -0.15) is 5.10 Å². The number of nitrogens with one attached hydrogen (secondary N) is 4. The minimum atomic E-state index is 0.256. The number of fused-ring (bicyclic) bond motifs is 1. The zero-order chi connectivity index (χ0) is 19.3. The Balaban J connectivity index is 1.51. The van der Waals surface area contributed by atoms with Crippen LogP contribution in [0, 0.1) is 0 Å². The molecule has 2 aromatic heterocycles. The molecule has 0 amide bonds. The second-order valence-electron chi connectivity index (χ2n) is 6.48. The first kappa shape index (κ1) is 17.8. The van der Waals surface area contributed by atoms with Gasteiger partial charge in [-0.05, 0) is 55.1 Å². The van der Waals surface area contributed by atoms with Gasteiger partial charge in [-0.15, -0.1) is 0 Å². The summed E-state index contributed by atoms with van der Waals surface area (Å²) in [6.45, 7) is 1.76. The SMILES string of the molecule is CNCCNc1ccc2nc(-c3cc(/C=C/c4ccc(O)cc4)[nH]n3)[nH]c2c1. The summed E-state index contributed by atoms with van der Waals surface area (Å²) in [6, 6.07) is 15.0. The van der Waals surface area contributed by atoms with Crippen molar-refractivity contribution in [2.24, 2.45) is 0 Å². The lowest BCUT2D eigenvalue weighted by molar-refractivity contribution is 0.475. The topological polar surface area (TPSA) is 102 Å². The van der Waals surface area contributed by atoms with E-state index in [1.165, 1.54) is 0 Å². The van der Waals surface area contributed by atoms with Crippen LogP contribution < -0.4 is 10.6 Å². The van der Waals surface area contributed by atoms with Gasteiger partial charge < -0.3 is 20.7 Å². The lowest BCUT2D eigenvalue weighted by Gasteiger charge is -2.05. The number of benzene rings is 2. The van der Waals surface area contributed by atoms with E-state index in [-0.39, 0.29) is 5.75 Å². The Morgan fingerprint density at radius 3 is 2.71 bits per heavy atom. The Morgan fingerprint density at radius 1 is 1.04 bits per heavy atom. The van der Waals surface area contributed by atoms with Crippen LogP contribution >= 0.6 is 0 Å². The van der Waals surface area contributed by atoms with Crippen molar-refractivity contribution in [3.05, 3.63) is 59.8 Å².